The number of carbonyl (C=O) groups excluding carboxylic acids is 1. The zero-order valence-electron chi connectivity index (χ0n) is 16.6. The Morgan fingerprint density at radius 1 is 1.03 bits per heavy atom. The van der Waals surface area contributed by atoms with E-state index < -0.39 is 17.7 Å². The van der Waals surface area contributed by atoms with Gasteiger partial charge >= 0.3 is 0 Å². The summed E-state index contributed by atoms with van der Waals surface area (Å²) in [7, 11) is 0. The number of ketones is 1. The van der Waals surface area contributed by atoms with Crippen LogP contribution in [0.4, 0.5) is 24.8 Å². The van der Waals surface area contributed by atoms with E-state index in [1.807, 2.05) is 0 Å². The number of halogens is 3. The fourth-order valence-electron chi connectivity index (χ4n) is 3.90. The number of H-pyrrole nitrogens is 1. The average molecular weight is 430 g/mol. The minimum absolute atomic E-state index is 0.178. The number of nitrogens with zero attached hydrogens (tertiary/aromatic N) is 3. The number of anilines is 2. The van der Waals surface area contributed by atoms with Crippen LogP contribution in [0.25, 0.3) is 11.0 Å². The number of hydrogen-bond donors (Lipinski definition) is 3. The summed E-state index contributed by atoms with van der Waals surface area (Å²) in [4.78, 5) is 28.3. The largest absolute Gasteiger partial charge is 0.367 e. The van der Waals surface area contributed by atoms with Crippen molar-refractivity contribution in [3.8, 4) is 0 Å². The number of aromatic amines is 1. The van der Waals surface area contributed by atoms with Crippen molar-refractivity contribution in [2.75, 3.05) is 10.6 Å². The maximum atomic E-state index is 14.7. The van der Waals surface area contributed by atoms with Gasteiger partial charge in [-0.05, 0) is 37.8 Å². The molecular formula is C21H21F3N6O. The number of fused-ring (bicyclic) bond motifs is 1. The number of aromatic nitrogens is 4. The van der Waals surface area contributed by atoms with E-state index in [4.69, 9.17) is 0 Å². The van der Waals surface area contributed by atoms with Crippen LogP contribution in [0.3, 0.4) is 0 Å². The van der Waals surface area contributed by atoms with Crippen LogP contribution in [0, 0.1) is 5.95 Å². The molecule has 0 amide bonds. The predicted molar refractivity (Wildman–Crippen MR) is 109 cm³/mol. The van der Waals surface area contributed by atoms with Crippen LogP contribution in [-0.2, 0) is 0 Å². The van der Waals surface area contributed by atoms with Gasteiger partial charge in [-0.3, -0.25) is 4.79 Å². The number of alkyl halides is 2. The molecule has 0 unspecified atom stereocenters. The van der Waals surface area contributed by atoms with Crippen molar-refractivity contribution in [3.05, 3.63) is 41.7 Å². The van der Waals surface area contributed by atoms with E-state index in [1.165, 1.54) is 24.7 Å². The van der Waals surface area contributed by atoms with Gasteiger partial charge in [-0.15, -0.1) is 0 Å². The Morgan fingerprint density at radius 2 is 1.77 bits per heavy atom. The van der Waals surface area contributed by atoms with Gasteiger partial charge in [0.1, 0.15) is 23.6 Å². The quantitative estimate of drug-likeness (QED) is 0.399. The van der Waals surface area contributed by atoms with Crippen molar-refractivity contribution in [1.29, 1.82) is 0 Å². The summed E-state index contributed by atoms with van der Waals surface area (Å²) in [5, 5.41) is 6.78. The van der Waals surface area contributed by atoms with Crippen molar-refractivity contribution in [2.45, 2.75) is 56.5 Å². The van der Waals surface area contributed by atoms with Crippen LogP contribution in [0.2, 0.25) is 0 Å². The topological polar surface area (TPSA) is 95.6 Å². The summed E-state index contributed by atoms with van der Waals surface area (Å²) in [5.74, 6) is -3.32. The van der Waals surface area contributed by atoms with Crippen molar-refractivity contribution in [1.82, 2.24) is 19.9 Å². The van der Waals surface area contributed by atoms with Crippen LogP contribution in [0.1, 0.15) is 54.4 Å². The van der Waals surface area contributed by atoms with E-state index in [2.05, 4.69) is 30.6 Å². The highest BCUT2D eigenvalue weighted by Gasteiger charge is 2.35. The van der Waals surface area contributed by atoms with E-state index >= 15 is 0 Å². The average Bonchev–Trinajstić information content (AvgIpc) is 3.44. The number of nitrogens with one attached hydrogen (secondary N) is 3. The summed E-state index contributed by atoms with van der Waals surface area (Å²) in [5.41, 5.74) is 0.569. The fourth-order valence-corrected chi connectivity index (χ4v) is 3.90. The second-order valence-corrected chi connectivity index (χ2v) is 8.21. The van der Waals surface area contributed by atoms with Crippen LogP contribution in [0.5, 0.6) is 0 Å². The van der Waals surface area contributed by atoms with Gasteiger partial charge in [0, 0.05) is 31.1 Å². The normalized spacial score (nSPS) is 18.8. The van der Waals surface area contributed by atoms with Crippen LogP contribution in [0.15, 0.2) is 24.7 Å². The molecule has 5 rings (SSSR count). The molecule has 3 N–H and O–H groups in total. The molecule has 0 aromatic carbocycles. The first kappa shape index (κ1) is 19.8. The molecule has 31 heavy (non-hydrogen) atoms. The number of rotatable bonds is 6. The lowest BCUT2D eigenvalue weighted by Crippen LogP contribution is -2.32. The van der Waals surface area contributed by atoms with Crippen molar-refractivity contribution in [3.63, 3.8) is 0 Å². The lowest BCUT2D eigenvalue weighted by molar-refractivity contribution is -0.0361. The molecule has 2 fully saturated rings. The molecule has 0 radical (unpaired) electrons. The highest BCUT2D eigenvalue weighted by molar-refractivity contribution is 6.18. The molecule has 0 atom stereocenters. The van der Waals surface area contributed by atoms with E-state index in [0.717, 1.165) is 12.8 Å². The van der Waals surface area contributed by atoms with Crippen molar-refractivity contribution >= 4 is 28.5 Å². The molecule has 7 nitrogen and oxygen atoms in total. The summed E-state index contributed by atoms with van der Waals surface area (Å²) in [6, 6.07) is 2.98. The maximum absolute atomic E-state index is 14.7. The van der Waals surface area contributed by atoms with E-state index in [0.29, 0.717) is 22.9 Å². The number of pyridine rings is 1. The smallest absolute Gasteiger partial charge is 0.248 e. The molecule has 2 saturated carbocycles. The molecule has 3 heterocycles. The maximum Gasteiger partial charge on any atom is 0.248 e. The van der Waals surface area contributed by atoms with Gasteiger partial charge in [0.2, 0.25) is 11.9 Å². The lowest BCUT2D eigenvalue weighted by Gasteiger charge is -2.29. The van der Waals surface area contributed by atoms with Gasteiger partial charge < -0.3 is 15.6 Å². The summed E-state index contributed by atoms with van der Waals surface area (Å²) in [6.45, 7) is 0. The zero-order chi connectivity index (χ0) is 21.6. The van der Waals surface area contributed by atoms with Gasteiger partial charge in [-0.2, -0.15) is 4.39 Å². The molecule has 10 heteroatoms. The second kappa shape index (κ2) is 7.51. The SMILES string of the molecule is O=C(c1ccc(NC2CCC(F)(F)CC2)nc1F)c1c[nH]c2ncnc(NC3CC3)c12. The van der Waals surface area contributed by atoms with E-state index in [-0.39, 0.29) is 48.7 Å². The minimum Gasteiger partial charge on any atom is -0.367 e. The molecule has 0 aliphatic heterocycles. The van der Waals surface area contributed by atoms with Gasteiger partial charge in [0.25, 0.3) is 0 Å². The highest BCUT2D eigenvalue weighted by Crippen LogP contribution is 2.34. The van der Waals surface area contributed by atoms with Crippen molar-refractivity contribution < 1.29 is 18.0 Å². The van der Waals surface area contributed by atoms with Crippen LogP contribution < -0.4 is 10.6 Å². The standard InChI is InChI=1S/C21H21F3N6O/c22-18-13(3-4-15(30-18)28-12-5-7-21(23,24)8-6-12)17(31)14-9-25-19-16(14)20(27-10-26-19)29-11-1-2-11/h3-4,9-12H,1-2,5-8H2,(H,28,30)(H2,25,26,27,29). The van der Waals surface area contributed by atoms with Gasteiger partial charge in [0.05, 0.1) is 16.5 Å². The third kappa shape index (κ3) is 4.06. The Bertz CT molecular complexity index is 1130. The molecule has 162 valence electrons. The lowest BCUT2D eigenvalue weighted by atomic mass is 9.92. The Labute approximate surface area is 175 Å². The van der Waals surface area contributed by atoms with E-state index in [1.54, 1.807) is 0 Å². The monoisotopic (exact) mass is 430 g/mol. The van der Waals surface area contributed by atoms with E-state index in [9.17, 15) is 18.0 Å². The molecule has 3 aromatic heterocycles. The Hall–Kier alpha value is -3.17. The van der Waals surface area contributed by atoms with Gasteiger partial charge in [-0.1, -0.05) is 0 Å². The number of hydrogen-bond acceptors (Lipinski definition) is 6. The predicted octanol–water partition coefficient (Wildman–Crippen LogP) is 4.29. The minimum atomic E-state index is -2.64. The Kier molecular flexibility index (Phi) is 4.79. The number of carbonyl (C=O) groups is 1. The van der Waals surface area contributed by atoms with Crippen LogP contribution in [-0.4, -0.2) is 43.7 Å². The molecule has 0 spiro atoms. The van der Waals surface area contributed by atoms with Crippen LogP contribution >= 0.6 is 0 Å². The molecule has 2 aliphatic carbocycles. The van der Waals surface area contributed by atoms with Gasteiger partial charge in [-0.25, -0.2) is 23.7 Å². The third-order valence-electron chi connectivity index (χ3n) is 5.80. The van der Waals surface area contributed by atoms with Crippen molar-refractivity contribution in [2.24, 2.45) is 0 Å². The Morgan fingerprint density at radius 3 is 2.48 bits per heavy atom. The third-order valence-corrected chi connectivity index (χ3v) is 5.80. The first-order valence-electron chi connectivity index (χ1n) is 10.3. The molecule has 2 aliphatic rings. The van der Waals surface area contributed by atoms with Gasteiger partial charge in [0.15, 0.2) is 5.78 Å². The zero-order valence-corrected chi connectivity index (χ0v) is 16.6. The molecular weight excluding hydrogens is 409 g/mol. The molecule has 3 aromatic rings. The molecule has 0 saturated heterocycles. The fraction of sp³-hybridized carbons (Fsp3) is 0.429. The highest BCUT2D eigenvalue weighted by atomic mass is 19.3. The Balaban J connectivity index is 1.37. The second-order valence-electron chi connectivity index (χ2n) is 8.21. The summed E-state index contributed by atoms with van der Waals surface area (Å²) >= 11 is 0. The summed E-state index contributed by atoms with van der Waals surface area (Å²) in [6.07, 6.45) is 5.12. The summed E-state index contributed by atoms with van der Waals surface area (Å²) < 4.78 is 41.4. The first-order valence-corrected chi connectivity index (χ1v) is 10.3. The molecule has 0 bridgehead atoms. The first-order chi connectivity index (χ1) is 14.9.